The van der Waals surface area contributed by atoms with Gasteiger partial charge in [0, 0.05) is 17.4 Å². The lowest BCUT2D eigenvalue weighted by Gasteiger charge is -2.14. The highest BCUT2D eigenvalue weighted by Gasteiger charge is 2.10. The molecule has 25 heavy (non-hydrogen) atoms. The molecule has 130 valence electrons. The van der Waals surface area contributed by atoms with E-state index in [1.54, 1.807) is 11.8 Å². The highest BCUT2D eigenvalue weighted by Crippen LogP contribution is 2.23. The lowest BCUT2D eigenvalue weighted by atomic mass is 10.1. The number of nitrogens with zero attached hydrogens (tertiary/aromatic N) is 1. The molecule has 0 bridgehead atoms. The number of amides is 1. The smallest absolute Gasteiger partial charge is 0.251 e. The van der Waals surface area contributed by atoms with Crippen molar-refractivity contribution in [1.29, 1.82) is 0 Å². The molecule has 5 heteroatoms. The number of H-pyrrole nitrogens is 1. The maximum absolute atomic E-state index is 12.2. The maximum atomic E-state index is 12.2. The molecule has 0 saturated carbocycles. The number of aromatic nitrogens is 2. The maximum Gasteiger partial charge on any atom is 0.251 e. The number of benzene rings is 2. The zero-order chi connectivity index (χ0) is 17.6. The third-order valence-corrected chi connectivity index (χ3v) is 5.22. The van der Waals surface area contributed by atoms with Gasteiger partial charge in [0.25, 0.3) is 5.91 Å². The molecule has 0 atom stereocenters. The summed E-state index contributed by atoms with van der Waals surface area (Å²) in [6.07, 6.45) is 1.91. The fourth-order valence-corrected chi connectivity index (χ4v) is 3.50. The normalized spacial score (nSPS) is 11.2. The highest BCUT2D eigenvalue weighted by molar-refractivity contribution is 7.98. The van der Waals surface area contributed by atoms with Crippen molar-refractivity contribution in [3.05, 3.63) is 59.7 Å². The Morgan fingerprint density at radius 3 is 2.52 bits per heavy atom. The van der Waals surface area contributed by atoms with Crippen LogP contribution in [-0.2, 0) is 5.75 Å². The number of para-hydroxylation sites is 2. The summed E-state index contributed by atoms with van der Waals surface area (Å²) >= 11 is 1.66. The molecule has 4 nitrogen and oxygen atoms in total. The first-order valence-electron chi connectivity index (χ1n) is 8.67. The van der Waals surface area contributed by atoms with Crippen LogP contribution in [0.3, 0.4) is 0 Å². The van der Waals surface area contributed by atoms with Crippen LogP contribution in [0.25, 0.3) is 11.0 Å². The van der Waals surface area contributed by atoms with Crippen molar-refractivity contribution < 1.29 is 4.79 Å². The molecule has 2 N–H and O–H groups in total. The average Bonchev–Trinajstić information content (AvgIpc) is 3.07. The molecule has 0 saturated heterocycles. The van der Waals surface area contributed by atoms with Gasteiger partial charge in [0.1, 0.15) is 0 Å². The molecule has 0 aliphatic heterocycles. The van der Waals surface area contributed by atoms with E-state index in [1.165, 1.54) is 5.56 Å². The van der Waals surface area contributed by atoms with Crippen LogP contribution in [0.15, 0.2) is 53.7 Å². The van der Waals surface area contributed by atoms with Crippen molar-refractivity contribution in [2.75, 3.05) is 0 Å². The number of carbonyl (C=O) groups excluding carboxylic acids is 1. The number of imidazole rings is 1. The Balaban J connectivity index is 1.59. The van der Waals surface area contributed by atoms with Crippen LogP contribution in [-0.4, -0.2) is 21.9 Å². The van der Waals surface area contributed by atoms with E-state index in [0.717, 1.165) is 34.8 Å². The summed E-state index contributed by atoms with van der Waals surface area (Å²) in [7, 11) is 0. The van der Waals surface area contributed by atoms with Gasteiger partial charge in [-0.1, -0.05) is 49.9 Å². The van der Waals surface area contributed by atoms with Gasteiger partial charge in [-0.05, 0) is 42.7 Å². The van der Waals surface area contributed by atoms with E-state index in [0.29, 0.717) is 5.56 Å². The van der Waals surface area contributed by atoms with Gasteiger partial charge in [0.15, 0.2) is 5.16 Å². The van der Waals surface area contributed by atoms with Crippen LogP contribution in [0.4, 0.5) is 0 Å². The van der Waals surface area contributed by atoms with Crippen molar-refractivity contribution in [3.63, 3.8) is 0 Å². The number of aromatic amines is 1. The zero-order valence-electron chi connectivity index (χ0n) is 14.6. The first-order valence-corrected chi connectivity index (χ1v) is 9.65. The fraction of sp³-hybridized carbons (Fsp3) is 0.300. The number of nitrogens with one attached hydrogen (secondary N) is 2. The molecular formula is C20H23N3OS. The van der Waals surface area contributed by atoms with Gasteiger partial charge in [-0.3, -0.25) is 4.79 Å². The Bertz CT molecular complexity index is 805. The van der Waals surface area contributed by atoms with Crippen LogP contribution in [0.2, 0.25) is 0 Å². The average molecular weight is 353 g/mol. The van der Waals surface area contributed by atoms with Crippen molar-refractivity contribution in [3.8, 4) is 0 Å². The summed E-state index contributed by atoms with van der Waals surface area (Å²) in [5.41, 5.74) is 3.92. The molecule has 0 spiro atoms. The van der Waals surface area contributed by atoms with Crippen molar-refractivity contribution in [1.82, 2.24) is 15.3 Å². The minimum atomic E-state index is 0.00480. The Labute approximate surface area is 152 Å². The van der Waals surface area contributed by atoms with Gasteiger partial charge in [-0.2, -0.15) is 0 Å². The van der Waals surface area contributed by atoms with Gasteiger partial charge in [0.2, 0.25) is 0 Å². The van der Waals surface area contributed by atoms with Gasteiger partial charge in [0.05, 0.1) is 11.0 Å². The van der Waals surface area contributed by atoms with Crippen LogP contribution < -0.4 is 5.32 Å². The zero-order valence-corrected chi connectivity index (χ0v) is 15.4. The van der Waals surface area contributed by atoms with E-state index in [2.05, 4.69) is 29.1 Å². The van der Waals surface area contributed by atoms with E-state index < -0.39 is 0 Å². The van der Waals surface area contributed by atoms with Crippen LogP contribution in [0, 0.1) is 0 Å². The molecule has 1 heterocycles. The summed E-state index contributed by atoms with van der Waals surface area (Å²) in [6, 6.07) is 16.1. The second-order valence-electron chi connectivity index (χ2n) is 6.03. The largest absolute Gasteiger partial charge is 0.349 e. The van der Waals surface area contributed by atoms with Crippen molar-refractivity contribution in [2.45, 2.75) is 43.6 Å². The monoisotopic (exact) mass is 353 g/mol. The minimum Gasteiger partial charge on any atom is -0.349 e. The first-order chi connectivity index (χ1) is 12.2. The summed E-state index contributed by atoms with van der Waals surface area (Å²) < 4.78 is 0. The van der Waals surface area contributed by atoms with Crippen molar-refractivity contribution >= 4 is 28.7 Å². The van der Waals surface area contributed by atoms with E-state index in [-0.39, 0.29) is 11.9 Å². The van der Waals surface area contributed by atoms with Gasteiger partial charge in [-0.25, -0.2) is 4.98 Å². The predicted octanol–water partition coefficient (Wildman–Crippen LogP) is 4.77. The first kappa shape index (κ1) is 17.5. The molecule has 1 amide bonds. The molecule has 0 aliphatic rings. The molecule has 1 aromatic heterocycles. The Kier molecular flexibility index (Phi) is 5.76. The van der Waals surface area contributed by atoms with Crippen LogP contribution >= 0.6 is 11.8 Å². The quantitative estimate of drug-likeness (QED) is 0.601. The minimum absolute atomic E-state index is 0.00480. The summed E-state index contributed by atoms with van der Waals surface area (Å²) in [5.74, 6) is 0.819. The highest BCUT2D eigenvalue weighted by atomic mass is 32.2. The number of thioether (sulfide) groups is 1. The topological polar surface area (TPSA) is 57.8 Å². The third kappa shape index (κ3) is 4.42. The molecule has 0 radical (unpaired) electrons. The Morgan fingerprint density at radius 1 is 1.12 bits per heavy atom. The molecule has 3 aromatic rings. The van der Waals surface area contributed by atoms with Crippen molar-refractivity contribution in [2.24, 2.45) is 0 Å². The van der Waals surface area contributed by atoms with Gasteiger partial charge >= 0.3 is 0 Å². The lowest BCUT2D eigenvalue weighted by Crippen LogP contribution is -2.33. The predicted molar refractivity (Wildman–Crippen MR) is 104 cm³/mol. The number of hydrogen-bond acceptors (Lipinski definition) is 3. The summed E-state index contributed by atoms with van der Waals surface area (Å²) in [5, 5.41) is 3.98. The van der Waals surface area contributed by atoms with Gasteiger partial charge in [-0.15, -0.1) is 0 Å². The summed E-state index contributed by atoms with van der Waals surface area (Å²) in [6.45, 7) is 4.18. The Hall–Kier alpha value is -2.27. The summed E-state index contributed by atoms with van der Waals surface area (Å²) in [4.78, 5) is 20.1. The van der Waals surface area contributed by atoms with Crippen LogP contribution in [0.5, 0.6) is 0 Å². The SMILES string of the molecule is CCC(CC)NC(=O)c1ccc(CSc2nc3ccccc3[nH]2)cc1. The molecular weight excluding hydrogens is 330 g/mol. The number of carbonyl (C=O) groups is 1. The standard InChI is InChI=1S/C20H23N3OS/c1-3-16(4-2)21-19(24)15-11-9-14(10-12-15)13-25-20-22-17-7-5-6-8-18(17)23-20/h5-12,16H,3-4,13H2,1-2H3,(H,21,24)(H,22,23). The molecule has 0 aliphatic carbocycles. The molecule has 2 aromatic carbocycles. The molecule has 0 unspecified atom stereocenters. The van der Waals surface area contributed by atoms with E-state index >= 15 is 0 Å². The fourth-order valence-electron chi connectivity index (χ4n) is 2.66. The number of hydrogen-bond donors (Lipinski definition) is 2. The second kappa shape index (κ2) is 8.21. The molecule has 3 rings (SSSR count). The lowest BCUT2D eigenvalue weighted by molar-refractivity contribution is 0.0935. The number of rotatable bonds is 7. The van der Waals surface area contributed by atoms with E-state index in [4.69, 9.17) is 0 Å². The second-order valence-corrected chi connectivity index (χ2v) is 7.00. The van der Waals surface area contributed by atoms with E-state index in [9.17, 15) is 4.79 Å². The van der Waals surface area contributed by atoms with E-state index in [1.807, 2.05) is 48.5 Å². The van der Waals surface area contributed by atoms with Crippen LogP contribution in [0.1, 0.15) is 42.6 Å². The third-order valence-electron chi connectivity index (χ3n) is 4.28. The van der Waals surface area contributed by atoms with Gasteiger partial charge < -0.3 is 10.3 Å². The molecule has 0 fully saturated rings. The number of fused-ring (bicyclic) bond motifs is 1. The Morgan fingerprint density at radius 2 is 1.84 bits per heavy atom.